The third-order valence-corrected chi connectivity index (χ3v) is 2.15. The Morgan fingerprint density at radius 3 is 2.43 bits per heavy atom. The summed E-state index contributed by atoms with van der Waals surface area (Å²) in [6.45, 7) is 7.86. The van der Waals surface area contributed by atoms with Crippen molar-refractivity contribution in [2.24, 2.45) is 5.41 Å². The molecule has 1 radical (unpaired) electrons. The first-order valence-corrected chi connectivity index (χ1v) is 5.16. The van der Waals surface area contributed by atoms with Crippen LogP contribution in [0.5, 0.6) is 0 Å². The average molecular weight is 197 g/mol. The van der Waals surface area contributed by atoms with Crippen LogP contribution in [0.3, 0.4) is 0 Å². The molecule has 0 heterocycles. The van der Waals surface area contributed by atoms with Gasteiger partial charge in [-0.3, -0.25) is 0 Å². The Hall–Kier alpha value is -0.790. The fraction of sp³-hybridized carbons (Fsp3) is 0.667. The molecule has 0 aliphatic carbocycles. The minimum Gasteiger partial charge on any atom is -0.478 e. The quantitative estimate of drug-likeness (QED) is 0.523. The van der Waals surface area contributed by atoms with Gasteiger partial charge in [-0.1, -0.05) is 39.7 Å². The average Bonchev–Trinajstić information content (AvgIpc) is 2.03. The van der Waals surface area contributed by atoms with Gasteiger partial charge in [0.1, 0.15) is 0 Å². The Balaban J connectivity index is 4.18. The highest BCUT2D eigenvalue weighted by Gasteiger charge is 2.16. The maximum Gasteiger partial charge on any atom is 0.330 e. The van der Waals surface area contributed by atoms with Crippen molar-refractivity contribution in [2.45, 2.75) is 47.0 Å². The molecule has 0 amide bonds. The Labute approximate surface area is 87.0 Å². The zero-order valence-electron chi connectivity index (χ0n) is 9.63. The van der Waals surface area contributed by atoms with Crippen LogP contribution in [0.25, 0.3) is 0 Å². The van der Waals surface area contributed by atoms with Gasteiger partial charge in [0.25, 0.3) is 0 Å². The Kier molecular flexibility index (Phi) is 5.51. The summed E-state index contributed by atoms with van der Waals surface area (Å²) in [7, 11) is 0. The van der Waals surface area contributed by atoms with Gasteiger partial charge in [-0.2, -0.15) is 0 Å². The van der Waals surface area contributed by atoms with Crippen LogP contribution in [-0.2, 0) is 4.79 Å². The van der Waals surface area contributed by atoms with E-state index in [4.69, 9.17) is 5.11 Å². The fourth-order valence-electron chi connectivity index (χ4n) is 1.36. The van der Waals surface area contributed by atoms with Gasteiger partial charge in [0.15, 0.2) is 0 Å². The van der Waals surface area contributed by atoms with E-state index < -0.39 is 5.97 Å². The van der Waals surface area contributed by atoms with Crippen molar-refractivity contribution >= 4 is 5.97 Å². The van der Waals surface area contributed by atoms with Gasteiger partial charge in [0.2, 0.25) is 0 Å². The van der Waals surface area contributed by atoms with E-state index in [0.717, 1.165) is 6.42 Å². The van der Waals surface area contributed by atoms with E-state index in [1.807, 2.05) is 19.9 Å². The van der Waals surface area contributed by atoms with Gasteiger partial charge < -0.3 is 5.11 Å². The zero-order valence-corrected chi connectivity index (χ0v) is 9.63. The first-order valence-electron chi connectivity index (χ1n) is 5.16. The third kappa shape index (κ3) is 5.79. The highest BCUT2D eigenvalue weighted by molar-refractivity contribution is 5.85. The molecule has 0 spiro atoms. The molecule has 0 bridgehead atoms. The van der Waals surface area contributed by atoms with E-state index in [1.165, 1.54) is 12.8 Å². The second kappa shape index (κ2) is 5.84. The van der Waals surface area contributed by atoms with Gasteiger partial charge in [-0.25, -0.2) is 4.79 Å². The minimum absolute atomic E-state index is 0.113. The molecule has 0 aromatic rings. The maximum absolute atomic E-state index is 10.6. The molecule has 14 heavy (non-hydrogen) atoms. The Bertz CT molecular complexity index is 214. The summed E-state index contributed by atoms with van der Waals surface area (Å²) in [6, 6.07) is 0. The standard InChI is InChI=1S/C12H21O2/c1-5-6-7-8-12(3,4)9-10(2)11(13)14/h8-9H,5-7H2,1-4H3,(H,13,14). The number of aliphatic carboxylic acids is 1. The zero-order chi connectivity index (χ0) is 11.2. The van der Waals surface area contributed by atoms with Crippen molar-refractivity contribution in [1.29, 1.82) is 0 Å². The molecule has 2 heteroatoms. The number of hydrogen-bond donors (Lipinski definition) is 1. The van der Waals surface area contributed by atoms with Crippen molar-refractivity contribution in [1.82, 2.24) is 0 Å². The lowest BCUT2D eigenvalue weighted by Gasteiger charge is -2.20. The number of carboxylic acid groups (broad SMARTS) is 1. The van der Waals surface area contributed by atoms with Gasteiger partial charge in [-0.15, -0.1) is 0 Å². The van der Waals surface area contributed by atoms with Crippen molar-refractivity contribution in [3.63, 3.8) is 0 Å². The smallest absolute Gasteiger partial charge is 0.330 e. The van der Waals surface area contributed by atoms with E-state index in [1.54, 1.807) is 6.92 Å². The molecule has 0 aliphatic rings. The topological polar surface area (TPSA) is 37.3 Å². The molecule has 0 aromatic carbocycles. The Morgan fingerprint density at radius 2 is 2.00 bits per heavy atom. The monoisotopic (exact) mass is 197 g/mol. The van der Waals surface area contributed by atoms with Gasteiger partial charge in [0, 0.05) is 5.57 Å². The number of carboxylic acids is 1. The van der Waals surface area contributed by atoms with E-state index in [-0.39, 0.29) is 5.41 Å². The van der Waals surface area contributed by atoms with Crippen LogP contribution in [0.15, 0.2) is 11.6 Å². The molecular weight excluding hydrogens is 176 g/mol. The summed E-state index contributed by atoms with van der Waals surface area (Å²) < 4.78 is 0. The van der Waals surface area contributed by atoms with Crippen LogP contribution in [0.2, 0.25) is 0 Å². The van der Waals surface area contributed by atoms with Crippen molar-refractivity contribution < 1.29 is 9.90 Å². The summed E-state index contributed by atoms with van der Waals surface area (Å²) in [6.07, 6.45) is 7.39. The van der Waals surface area contributed by atoms with Crippen LogP contribution in [0, 0.1) is 11.8 Å². The number of allylic oxidation sites excluding steroid dienone is 1. The third-order valence-electron chi connectivity index (χ3n) is 2.15. The second-order valence-electron chi connectivity index (χ2n) is 4.30. The molecule has 0 aromatic heterocycles. The van der Waals surface area contributed by atoms with E-state index in [0.29, 0.717) is 5.57 Å². The number of carbonyl (C=O) groups is 1. The van der Waals surface area contributed by atoms with Crippen molar-refractivity contribution in [3.05, 3.63) is 18.1 Å². The largest absolute Gasteiger partial charge is 0.478 e. The normalized spacial score (nSPS) is 13.0. The van der Waals surface area contributed by atoms with Gasteiger partial charge >= 0.3 is 5.97 Å². The highest BCUT2D eigenvalue weighted by Crippen LogP contribution is 2.25. The van der Waals surface area contributed by atoms with Crippen LogP contribution in [0.1, 0.15) is 47.0 Å². The van der Waals surface area contributed by atoms with Crippen LogP contribution < -0.4 is 0 Å². The lowest BCUT2D eigenvalue weighted by Crippen LogP contribution is -2.11. The highest BCUT2D eigenvalue weighted by atomic mass is 16.4. The fourth-order valence-corrected chi connectivity index (χ4v) is 1.36. The molecule has 0 fully saturated rings. The molecule has 0 rings (SSSR count). The molecule has 0 saturated heterocycles. The first-order chi connectivity index (χ1) is 6.39. The molecule has 0 aliphatic heterocycles. The van der Waals surface area contributed by atoms with Gasteiger partial charge in [-0.05, 0) is 25.2 Å². The van der Waals surface area contributed by atoms with Crippen LogP contribution in [0.4, 0.5) is 0 Å². The lowest BCUT2D eigenvalue weighted by atomic mass is 9.85. The SMILES string of the molecule is CCCC[CH]C(C)(C)C=C(C)C(=O)O. The minimum atomic E-state index is -0.832. The number of hydrogen-bond acceptors (Lipinski definition) is 1. The van der Waals surface area contributed by atoms with Crippen LogP contribution >= 0.6 is 0 Å². The van der Waals surface area contributed by atoms with Crippen molar-refractivity contribution in [2.75, 3.05) is 0 Å². The molecule has 0 unspecified atom stereocenters. The van der Waals surface area contributed by atoms with Crippen molar-refractivity contribution in [3.8, 4) is 0 Å². The van der Waals surface area contributed by atoms with E-state index >= 15 is 0 Å². The lowest BCUT2D eigenvalue weighted by molar-refractivity contribution is -0.132. The van der Waals surface area contributed by atoms with Crippen LogP contribution in [-0.4, -0.2) is 11.1 Å². The predicted octanol–water partition coefficient (Wildman–Crippen LogP) is 3.44. The maximum atomic E-state index is 10.6. The number of rotatable bonds is 6. The first kappa shape index (κ1) is 13.2. The molecule has 0 saturated carbocycles. The Morgan fingerprint density at radius 1 is 1.43 bits per heavy atom. The molecular formula is C12H21O2. The molecule has 81 valence electrons. The number of unbranched alkanes of at least 4 members (excludes halogenated alkanes) is 2. The second-order valence-corrected chi connectivity index (χ2v) is 4.30. The molecule has 0 atom stereocenters. The molecule has 2 nitrogen and oxygen atoms in total. The van der Waals surface area contributed by atoms with E-state index in [2.05, 4.69) is 13.3 Å². The summed E-state index contributed by atoms with van der Waals surface area (Å²) in [5, 5.41) is 8.73. The summed E-state index contributed by atoms with van der Waals surface area (Å²) >= 11 is 0. The summed E-state index contributed by atoms with van der Waals surface area (Å²) in [5.74, 6) is -0.832. The van der Waals surface area contributed by atoms with Gasteiger partial charge in [0.05, 0.1) is 0 Å². The predicted molar refractivity (Wildman–Crippen MR) is 59.0 cm³/mol. The summed E-state index contributed by atoms with van der Waals surface area (Å²) in [4.78, 5) is 10.6. The summed E-state index contributed by atoms with van der Waals surface area (Å²) in [5.41, 5.74) is 0.306. The van der Waals surface area contributed by atoms with E-state index in [9.17, 15) is 4.79 Å². The molecule has 1 N–H and O–H groups in total.